The first-order valence-corrected chi connectivity index (χ1v) is 5.50. The van der Waals surface area contributed by atoms with Gasteiger partial charge < -0.3 is 14.6 Å². The molecule has 0 aliphatic carbocycles. The Hall–Kier alpha value is -0.910. The summed E-state index contributed by atoms with van der Waals surface area (Å²) in [5, 5.41) is 8.81. The fraction of sp³-hybridized carbons (Fsp3) is 0.364. The Morgan fingerprint density at radius 1 is 1.44 bits per heavy atom. The van der Waals surface area contributed by atoms with Crippen molar-refractivity contribution in [2.45, 2.75) is 12.7 Å². The van der Waals surface area contributed by atoms with Crippen LogP contribution >= 0.6 is 15.9 Å². The average molecular weight is 289 g/mol. The Kier molecular flexibility index (Phi) is 5.45. The number of carboxylic acids is 1. The smallest absolute Gasteiger partial charge is 0.335 e. The molecule has 4 nitrogen and oxygen atoms in total. The van der Waals surface area contributed by atoms with Crippen LogP contribution in [0.5, 0.6) is 0 Å². The summed E-state index contributed by atoms with van der Waals surface area (Å²) in [7, 11) is 1.44. The van der Waals surface area contributed by atoms with E-state index in [4.69, 9.17) is 14.6 Å². The standard InChI is InChI=1S/C11H13BrO4/c1-15-7-10(11(13)14)16-6-8-2-4-9(12)5-3-8/h2-5,10H,6-7H2,1H3,(H,13,14). The fourth-order valence-corrected chi connectivity index (χ4v) is 1.38. The zero-order chi connectivity index (χ0) is 12.0. The van der Waals surface area contributed by atoms with E-state index in [2.05, 4.69) is 15.9 Å². The lowest BCUT2D eigenvalue weighted by atomic mass is 10.2. The average Bonchev–Trinajstić information content (AvgIpc) is 2.26. The molecule has 1 N–H and O–H groups in total. The lowest BCUT2D eigenvalue weighted by Gasteiger charge is -2.12. The first kappa shape index (κ1) is 13.2. The van der Waals surface area contributed by atoms with Crippen molar-refractivity contribution < 1.29 is 19.4 Å². The van der Waals surface area contributed by atoms with E-state index in [0.29, 0.717) is 0 Å². The number of hydrogen-bond acceptors (Lipinski definition) is 3. The Morgan fingerprint density at radius 2 is 2.06 bits per heavy atom. The highest BCUT2D eigenvalue weighted by Crippen LogP contribution is 2.11. The molecular formula is C11H13BrO4. The number of ether oxygens (including phenoxy) is 2. The molecule has 88 valence electrons. The summed E-state index contributed by atoms with van der Waals surface area (Å²) < 4.78 is 11.0. The van der Waals surface area contributed by atoms with E-state index in [1.807, 2.05) is 24.3 Å². The highest BCUT2D eigenvalue weighted by molar-refractivity contribution is 9.10. The van der Waals surface area contributed by atoms with Gasteiger partial charge in [0.2, 0.25) is 0 Å². The van der Waals surface area contributed by atoms with Crippen LogP contribution in [-0.4, -0.2) is 30.9 Å². The van der Waals surface area contributed by atoms with Crippen LogP contribution in [0.2, 0.25) is 0 Å². The van der Waals surface area contributed by atoms with Crippen LogP contribution in [0.25, 0.3) is 0 Å². The molecule has 0 spiro atoms. The van der Waals surface area contributed by atoms with Gasteiger partial charge in [0.05, 0.1) is 13.2 Å². The Morgan fingerprint density at radius 3 is 2.56 bits per heavy atom. The normalized spacial score (nSPS) is 12.4. The summed E-state index contributed by atoms with van der Waals surface area (Å²) in [4.78, 5) is 10.8. The molecule has 1 atom stereocenters. The van der Waals surface area contributed by atoms with E-state index >= 15 is 0 Å². The minimum Gasteiger partial charge on any atom is -0.479 e. The highest BCUT2D eigenvalue weighted by Gasteiger charge is 2.17. The van der Waals surface area contributed by atoms with E-state index in [0.717, 1.165) is 10.0 Å². The number of benzene rings is 1. The second kappa shape index (κ2) is 6.62. The van der Waals surface area contributed by atoms with Crippen LogP contribution in [0.3, 0.4) is 0 Å². The lowest BCUT2D eigenvalue weighted by molar-refractivity contribution is -0.154. The monoisotopic (exact) mass is 288 g/mol. The molecule has 0 bridgehead atoms. The molecule has 0 heterocycles. The van der Waals surface area contributed by atoms with Gasteiger partial charge in [-0.1, -0.05) is 28.1 Å². The molecule has 5 heteroatoms. The van der Waals surface area contributed by atoms with Gasteiger partial charge in [0.15, 0.2) is 6.10 Å². The van der Waals surface area contributed by atoms with Crippen molar-refractivity contribution in [2.75, 3.05) is 13.7 Å². The van der Waals surface area contributed by atoms with Crippen molar-refractivity contribution in [3.05, 3.63) is 34.3 Å². The van der Waals surface area contributed by atoms with Crippen LogP contribution in [-0.2, 0) is 20.9 Å². The van der Waals surface area contributed by atoms with Crippen molar-refractivity contribution in [1.82, 2.24) is 0 Å². The van der Waals surface area contributed by atoms with Gasteiger partial charge in [-0.2, -0.15) is 0 Å². The first-order chi connectivity index (χ1) is 7.63. The van der Waals surface area contributed by atoms with Gasteiger partial charge in [0.1, 0.15) is 0 Å². The van der Waals surface area contributed by atoms with E-state index in [-0.39, 0.29) is 13.2 Å². The van der Waals surface area contributed by atoms with E-state index < -0.39 is 12.1 Å². The van der Waals surface area contributed by atoms with Crippen molar-refractivity contribution in [3.8, 4) is 0 Å². The topological polar surface area (TPSA) is 55.8 Å². The third kappa shape index (κ3) is 4.30. The number of carbonyl (C=O) groups is 1. The molecule has 0 aliphatic heterocycles. The maximum Gasteiger partial charge on any atom is 0.335 e. The summed E-state index contributed by atoms with van der Waals surface area (Å²) in [5.41, 5.74) is 0.922. The van der Waals surface area contributed by atoms with Crippen molar-refractivity contribution >= 4 is 21.9 Å². The van der Waals surface area contributed by atoms with Gasteiger partial charge in [-0.25, -0.2) is 4.79 Å². The summed E-state index contributed by atoms with van der Waals surface area (Å²) >= 11 is 3.32. The fourth-order valence-electron chi connectivity index (χ4n) is 1.12. The van der Waals surface area contributed by atoms with E-state index in [1.165, 1.54) is 7.11 Å². The number of hydrogen-bond donors (Lipinski definition) is 1. The maximum atomic E-state index is 10.8. The molecule has 1 unspecified atom stereocenters. The molecule has 0 fully saturated rings. The van der Waals surface area contributed by atoms with Gasteiger partial charge in [0.25, 0.3) is 0 Å². The van der Waals surface area contributed by atoms with Crippen LogP contribution in [0, 0.1) is 0 Å². The molecule has 0 radical (unpaired) electrons. The van der Waals surface area contributed by atoms with Crippen molar-refractivity contribution in [2.24, 2.45) is 0 Å². The lowest BCUT2D eigenvalue weighted by Crippen LogP contribution is -2.28. The molecule has 0 amide bonds. The van der Waals surface area contributed by atoms with Gasteiger partial charge in [0, 0.05) is 11.6 Å². The SMILES string of the molecule is COCC(OCc1ccc(Br)cc1)C(=O)O. The van der Waals surface area contributed by atoms with Crippen LogP contribution in [0.1, 0.15) is 5.56 Å². The summed E-state index contributed by atoms with van der Waals surface area (Å²) in [6.45, 7) is 0.305. The second-order valence-corrected chi connectivity index (χ2v) is 4.14. The molecular weight excluding hydrogens is 276 g/mol. The predicted octanol–water partition coefficient (Wildman–Crippen LogP) is 2.07. The van der Waals surface area contributed by atoms with E-state index in [9.17, 15) is 4.79 Å². The maximum absolute atomic E-state index is 10.8. The van der Waals surface area contributed by atoms with Crippen LogP contribution < -0.4 is 0 Å². The molecule has 1 rings (SSSR count). The summed E-state index contributed by atoms with van der Waals surface area (Å²) in [6, 6.07) is 7.50. The number of halogens is 1. The highest BCUT2D eigenvalue weighted by atomic mass is 79.9. The van der Waals surface area contributed by atoms with Gasteiger partial charge >= 0.3 is 5.97 Å². The van der Waals surface area contributed by atoms with Gasteiger partial charge in [-0.3, -0.25) is 0 Å². The van der Waals surface area contributed by atoms with E-state index in [1.54, 1.807) is 0 Å². The first-order valence-electron chi connectivity index (χ1n) is 4.71. The van der Waals surface area contributed by atoms with Gasteiger partial charge in [-0.05, 0) is 17.7 Å². The quantitative estimate of drug-likeness (QED) is 0.871. The largest absolute Gasteiger partial charge is 0.479 e. The molecule has 0 saturated heterocycles. The minimum atomic E-state index is -1.01. The van der Waals surface area contributed by atoms with Crippen LogP contribution in [0.15, 0.2) is 28.7 Å². The second-order valence-electron chi connectivity index (χ2n) is 3.22. The zero-order valence-electron chi connectivity index (χ0n) is 8.85. The Bertz CT molecular complexity index is 336. The Labute approximate surface area is 102 Å². The number of methoxy groups -OCH3 is 1. The minimum absolute atomic E-state index is 0.0475. The summed E-state index contributed by atoms with van der Waals surface area (Å²) in [6.07, 6.45) is -0.923. The molecule has 0 saturated carbocycles. The molecule has 16 heavy (non-hydrogen) atoms. The number of rotatable bonds is 6. The molecule has 1 aromatic carbocycles. The summed E-state index contributed by atoms with van der Waals surface area (Å²) in [5.74, 6) is -1.01. The van der Waals surface area contributed by atoms with Gasteiger partial charge in [-0.15, -0.1) is 0 Å². The number of aliphatic carboxylic acids is 1. The Balaban J connectivity index is 2.48. The third-order valence-corrected chi connectivity index (χ3v) is 2.49. The predicted molar refractivity (Wildman–Crippen MR) is 62.2 cm³/mol. The third-order valence-electron chi connectivity index (χ3n) is 1.96. The zero-order valence-corrected chi connectivity index (χ0v) is 10.4. The van der Waals surface area contributed by atoms with Crippen molar-refractivity contribution in [3.63, 3.8) is 0 Å². The van der Waals surface area contributed by atoms with Crippen molar-refractivity contribution in [1.29, 1.82) is 0 Å². The number of carboxylic acid groups (broad SMARTS) is 1. The molecule has 0 aromatic heterocycles. The molecule has 0 aliphatic rings. The van der Waals surface area contributed by atoms with Crippen LogP contribution in [0.4, 0.5) is 0 Å². The molecule has 1 aromatic rings.